The summed E-state index contributed by atoms with van der Waals surface area (Å²) in [6, 6.07) is 11.2. The van der Waals surface area contributed by atoms with Gasteiger partial charge in [-0.2, -0.15) is 0 Å². The van der Waals surface area contributed by atoms with Crippen molar-refractivity contribution in [2.45, 2.75) is 52.7 Å². The lowest BCUT2D eigenvalue weighted by molar-refractivity contribution is -0.140. The molecule has 0 aromatic heterocycles. The Kier molecular flexibility index (Phi) is 9.19. The zero-order valence-electron chi connectivity index (χ0n) is 21.3. The van der Waals surface area contributed by atoms with Crippen LogP contribution < -0.4 is 14.4 Å². The number of anilines is 1. The molecule has 0 aliphatic heterocycles. The third-order valence-corrected chi connectivity index (χ3v) is 6.72. The number of benzene rings is 2. The van der Waals surface area contributed by atoms with Gasteiger partial charge in [0.1, 0.15) is 18.3 Å². The molecular weight excluding hydrogens is 490 g/mol. The smallest absolute Gasteiger partial charge is 0.244 e. The van der Waals surface area contributed by atoms with Gasteiger partial charge in [0.25, 0.3) is 0 Å². The number of hydrogen-bond acceptors (Lipinski definition) is 5. The van der Waals surface area contributed by atoms with E-state index in [1.165, 1.54) is 24.1 Å². The number of aryl methyl sites for hydroxylation is 1. The van der Waals surface area contributed by atoms with Gasteiger partial charge in [-0.1, -0.05) is 35.9 Å². The van der Waals surface area contributed by atoms with Gasteiger partial charge in [0.2, 0.25) is 21.8 Å². The second-order valence-electron chi connectivity index (χ2n) is 9.45. The number of rotatable bonds is 9. The molecule has 0 unspecified atom stereocenters. The minimum Gasteiger partial charge on any atom is -0.495 e. The minimum atomic E-state index is -3.91. The lowest BCUT2D eigenvalue weighted by atomic mass is 10.1. The van der Waals surface area contributed by atoms with Gasteiger partial charge in [-0.25, -0.2) is 8.42 Å². The monoisotopic (exact) mass is 523 g/mol. The fraction of sp³-hybridized carbons (Fsp3) is 0.440. The van der Waals surface area contributed by atoms with E-state index in [9.17, 15) is 18.0 Å². The average Bonchev–Trinajstić information content (AvgIpc) is 2.74. The number of carbonyl (C=O) groups is 2. The molecule has 1 N–H and O–H groups in total. The Balaban J connectivity index is 2.49. The molecule has 10 heteroatoms. The number of nitrogens with zero attached hydrogens (tertiary/aromatic N) is 2. The lowest BCUT2D eigenvalue weighted by Crippen LogP contribution is -2.54. The van der Waals surface area contributed by atoms with Crippen LogP contribution in [0.2, 0.25) is 5.02 Å². The van der Waals surface area contributed by atoms with Crippen LogP contribution in [0, 0.1) is 6.92 Å². The third kappa shape index (κ3) is 7.86. The summed E-state index contributed by atoms with van der Waals surface area (Å²) in [6.45, 7) is 8.69. The number of nitrogens with one attached hydrogen (secondary N) is 1. The molecule has 35 heavy (non-hydrogen) atoms. The van der Waals surface area contributed by atoms with Crippen molar-refractivity contribution in [1.29, 1.82) is 0 Å². The first kappa shape index (κ1) is 28.5. The highest BCUT2D eigenvalue weighted by atomic mass is 35.5. The highest BCUT2D eigenvalue weighted by molar-refractivity contribution is 7.92. The molecule has 2 rings (SSSR count). The molecule has 2 amide bonds. The quantitative estimate of drug-likeness (QED) is 0.540. The molecular formula is C25H34ClN3O5S. The SMILES string of the molecule is COc1ccc(Cl)cc1N(CC(=O)N(Cc1ccccc1C)[C@@H](C)C(=O)NC(C)(C)C)S(C)(=O)=O. The maximum absolute atomic E-state index is 13.7. The van der Waals surface area contributed by atoms with E-state index < -0.39 is 34.1 Å². The zero-order valence-corrected chi connectivity index (χ0v) is 22.8. The molecule has 192 valence electrons. The molecule has 0 bridgehead atoms. The molecule has 1 atom stereocenters. The maximum atomic E-state index is 13.7. The van der Waals surface area contributed by atoms with Crippen LogP contribution >= 0.6 is 11.6 Å². The van der Waals surface area contributed by atoms with E-state index in [4.69, 9.17) is 16.3 Å². The number of hydrogen-bond donors (Lipinski definition) is 1. The van der Waals surface area contributed by atoms with E-state index in [2.05, 4.69) is 5.32 Å². The molecule has 0 aliphatic rings. The predicted molar refractivity (Wildman–Crippen MR) is 139 cm³/mol. The molecule has 0 saturated carbocycles. The van der Waals surface area contributed by atoms with E-state index in [0.717, 1.165) is 21.7 Å². The van der Waals surface area contributed by atoms with Crippen molar-refractivity contribution >= 4 is 39.1 Å². The van der Waals surface area contributed by atoms with Crippen molar-refractivity contribution < 1.29 is 22.7 Å². The van der Waals surface area contributed by atoms with Gasteiger partial charge in [-0.15, -0.1) is 0 Å². The molecule has 0 aliphatic carbocycles. The Hall–Kier alpha value is -2.78. The van der Waals surface area contributed by atoms with E-state index in [1.807, 2.05) is 52.0 Å². The molecule has 0 spiro atoms. The molecule has 0 heterocycles. The number of halogens is 1. The van der Waals surface area contributed by atoms with Gasteiger partial charge in [0.15, 0.2) is 0 Å². The maximum Gasteiger partial charge on any atom is 0.244 e. The van der Waals surface area contributed by atoms with Crippen LogP contribution in [0.1, 0.15) is 38.8 Å². The number of amides is 2. The standard InChI is InChI=1S/C25H34ClN3O5S/c1-17-10-8-9-11-19(17)15-28(18(2)24(31)27-25(3,4)5)23(30)16-29(35(7,32)33)21-14-20(26)12-13-22(21)34-6/h8-14,18H,15-16H2,1-7H3,(H,27,31)/t18-/m0/s1. The Morgan fingerprint density at radius 3 is 2.31 bits per heavy atom. The Bertz CT molecular complexity index is 1180. The van der Waals surface area contributed by atoms with Crippen LogP contribution in [-0.4, -0.2) is 56.6 Å². The molecule has 0 saturated heterocycles. The van der Waals surface area contributed by atoms with Crippen LogP contribution in [0.4, 0.5) is 5.69 Å². The molecule has 0 radical (unpaired) electrons. The Morgan fingerprint density at radius 1 is 1.14 bits per heavy atom. The summed E-state index contributed by atoms with van der Waals surface area (Å²) in [7, 11) is -2.50. The van der Waals surface area contributed by atoms with Gasteiger partial charge < -0.3 is 15.0 Å². The van der Waals surface area contributed by atoms with Crippen molar-refractivity contribution in [2.24, 2.45) is 0 Å². The Morgan fingerprint density at radius 2 is 1.77 bits per heavy atom. The number of carbonyl (C=O) groups excluding carboxylic acids is 2. The molecule has 2 aromatic rings. The van der Waals surface area contributed by atoms with Crippen LogP contribution in [0.25, 0.3) is 0 Å². The summed E-state index contributed by atoms with van der Waals surface area (Å²) in [6.07, 6.45) is 1.00. The first-order valence-corrected chi connectivity index (χ1v) is 13.3. The highest BCUT2D eigenvalue weighted by Crippen LogP contribution is 2.33. The average molecular weight is 524 g/mol. The molecule has 2 aromatic carbocycles. The summed E-state index contributed by atoms with van der Waals surface area (Å²) in [5.74, 6) is -0.639. The van der Waals surface area contributed by atoms with Crippen LogP contribution in [0.15, 0.2) is 42.5 Å². The largest absolute Gasteiger partial charge is 0.495 e. The van der Waals surface area contributed by atoms with E-state index in [-0.39, 0.29) is 28.9 Å². The van der Waals surface area contributed by atoms with Gasteiger partial charge in [-0.05, 0) is 63.9 Å². The van der Waals surface area contributed by atoms with E-state index in [1.54, 1.807) is 13.0 Å². The summed E-state index contributed by atoms with van der Waals surface area (Å²) in [4.78, 5) is 28.0. The number of methoxy groups -OCH3 is 1. The fourth-order valence-corrected chi connectivity index (χ4v) is 4.49. The number of ether oxygens (including phenoxy) is 1. The van der Waals surface area contributed by atoms with Gasteiger partial charge >= 0.3 is 0 Å². The second-order valence-corrected chi connectivity index (χ2v) is 11.8. The van der Waals surface area contributed by atoms with Crippen molar-refractivity contribution in [3.05, 3.63) is 58.6 Å². The van der Waals surface area contributed by atoms with E-state index >= 15 is 0 Å². The minimum absolute atomic E-state index is 0.133. The lowest BCUT2D eigenvalue weighted by Gasteiger charge is -2.33. The van der Waals surface area contributed by atoms with Crippen LogP contribution in [0.3, 0.4) is 0 Å². The summed E-state index contributed by atoms with van der Waals surface area (Å²) in [5.41, 5.74) is 1.43. The second kappa shape index (κ2) is 11.3. The number of sulfonamides is 1. The van der Waals surface area contributed by atoms with Crippen molar-refractivity contribution in [2.75, 3.05) is 24.2 Å². The predicted octanol–water partition coefficient (Wildman–Crippen LogP) is 3.76. The van der Waals surface area contributed by atoms with Gasteiger partial charge in [0.05, 0.1) is 19.1 Å². The summed E-state index contributed by atoms with van der Waals surface area (Å²) in [5, 5.41) is 3.18. The third-order valence-electron chi connectivity index (χ3n) is 5.36. The highest BCUT2D eigenvalue weighted by Gasteiger charge is 2.32. The van der Waals surface area contributed by atoms with Crippen molar-refractivity contribution in [3.63, 3.8) is 0 Å². The zero-order chi connectivity index (χ0) is 26.6. The van der Waals surface area contributed by atoms with Crippen LogP contribution in [-0.2, 0) is 26.2 Å². The van der Waals surface area contributed by atoms with Crippen LogP contribution in [0.5, 0.6) is 5.75 Å². The van der Waals surface area contributed by atoms with Gasteiger partial charge in [-0.3, -0.25) is 13.9 Å². The Labute approximate surface area is 213 Å². The molecule has 0 fully saturated rings. The van der Waals surface area contributed by atoms with Crippen molar-refractivity contribution in [3.8, 4) is 5.75 Å². The van der Waals surface area contributed by atoms with Crippen molar-refractivity contribution in [1.82, 2.24) is 10.2 Å². The molecule has 8 nitrogen and oxygen atoms in total. The normalized spacial score (nSPS) is 12.6. The topological polar surface area (TPSA) is 96.0 Å². The van der Waals surface area contributed by atoms with Gasteiger partial charge in [0, 0.05) is 17.1 Å². The summed E-state index contributed by atoms with van der Waals surface area (Å²) >= 11 is 6.12. The fourth-order valence-electron chi connectivity index (χ4n) is 3.48. The van der Waals surface area contributed by atoms with E-state index in [0.29, 0.717) is 0 Å². The summed E-state index contributed by atoms with van der Waals surface area (Å²) < 4.78 is 31.8. The first-order valence-electron chi connectivity index (χ1n) is 11.1. The first-order chi connectivity index (χ1) is 16.1.